The Morgan fingerprint density at radius 1 is 0.958 bits per heavy atom. The van der Waals surface area contributed by atoms with Crippen molar-refractivity contribution >= 4 is 0 Å². The van der Waals surface area contributed by atoms with Gasteiger partial charge in [0.25, 0.3) is 0 Å². The van der Waals surface area contributed by atoms with E-state index in [1.807, 2.05) is 12.1 Å². The fraction of sp³-hybridized carbons (Fsp3) is 0.429. The summed E-state index contributed by atoms with van der Waals surface area (Å²) in [7, 11) is 1.70. The first-order valence-electron chi connectivity index (χ1n) is 8.90. The van der Waals surface area contributed by atoms with Crippen LogP contribution in [0.5, 0.6) is 11.5 Å². The Labute approximate surface area is 144 Å². The van der Waals surface area contributed by atoms with E-state index in [1.165, 1.54) is 36.8 Å². The van der Waals surface area contributed by atoms with Gasteiger partial charge in [-0.25, -0.2) is 0 Å². The Balaban J connectivity index is 1.39. The first-order chi connectivity index (χ1) is 11.7. The second-order valence-corrected chi connectivity index (χ2v) is 6.69. The summed E-state index contributed by atoms with van der Waals surface area (Å²) < 4.78 is 5.19. The molecule has 2 N–H and O–H groups in total. The lowest BCUT2D eigenvalue weighted by molar-refractivity contribution is 0.344. The standard InChI is InChI=1S/C21H27NO2/c1-24-21-12-2-16(3-13-21)14-15-22-19-8-4-17(5-9-19)18-6-10-20(23)11-7-18/h2-3,6-7,10-13,17,19,22-23H,4-5,8-9,14-15H2,1H3/t17-,19+. The molecule has 3 rings (SSSR count). The second kappa shape index (κ2) is 8.20. The molecule has 1 fully saturated rings. The van der Waals surface area contributed by atoms with E-state index in [9.17, 15) is 5.11 Å². The van der Waals surface area contributed by atoms with Gasteiger partial charge in [0.2, 0.25) is 0 Å². The SMILES string of the molecule is COc1ccc(CCN[C@H]2CC[C@@H](c3ccc(O)cc3)CC2)cc1. The van der Waals surface area contributed by atoms with Crippen molar-refractivity contribution in [2.75, 3.05) is 13.7 Å². The molecular formula is C21H27NO2. The Morgan fingerprint density at radius 3 is 2.25 bits per heavy atom. The van der Waals surface area contributed by atoms with Crippen molar-refractivity contribution in [1.82, 2.24) is 5.32 Å². The van der Waals surface area contributed by atoms with Gasteiger partial charge in [0.1, 0.15) is 11.5 Å². The summed E-state index contributed by atoms with van der Waals surface area (Å²) in [5.41, 5.74) is 2.71. The molecule has 2 aromatic carbocycles. The molecule has 0 saturated heterocycles. The van der Waals surface area contributed by atoms with Crippen LogP contribution >= 0.6 is 0 Å². The van der Waals surface area contributed by atoms with Crippen LogP contribution in [0.15, 0.2) is 48.5 Å². The Morgan fingerprint density at radius 2 is 1.62 bits per heavy atom. The molecule has 24 heavy (non-hydrogen) atoms. The van der Waals surface area contributed by atoms with Gasteiger partial charge in [-0.05, 0) is 80.0 Å². The summed E-state index contributed by atoms with van der Waals surface area (Å²) in [6.07, 6.45) is 5.97. The normalized spacial score (nSPS) is 20.7. The molecule has 0 heterocycles. The Bertz CT molecular complexity index is 613. The van der Waals surface area contributed by atoms with Gasteiger partial charge in [0.05, 0.1) is 7.11 Å². The smallest absolute Gasteiger partial charge is 0.118 e. The molecule has 0 bridgehead atoms. The van der Waals surface area contributed by atoms with Crippen molar-refractivity contribution in [2.45, 2.75) is 44.1 Å². The van der Waals surface area contributed by atoms with E-state index in [1.54, 1.807) is 19.2 Å². The van der Waals surface area contributed by atoms with Gasteiger partial charge >= 0.3 is 0 Å². The minimum Gasteiger partial charge on any atom is -0.508 e. The van der Waals surface area contributed by atoms with Gasteiger partial charge in [0.15, 0.2) is 0 Å². The topological polar surface area (TPSA) is 41.5 Å². The highest BCUT2D eigenvalue weighted by Gasteiger charge is 2.21. The molecule has 0 amide bonds. The van der Waals surface area contributed by atoms with Crippen molar-refractivity contribution < 1.29 is 9.84 Å². The molecule has 1 saturated carbocycles. The van der Waals surface area contributed by atoms with E-state index in [4.69, 9.17) is 4.74 Å². The van der Waals surface area contributed by atoms with Crippen LogP contribution in [-0.4, -0.2) is 24.8 Å². The first kappa shape index (κ1) is 16.8. The molecule has 0 spiro atoms. The quantitative estimate of drug-likeness (QED) is 0.834. The van der Waals surface area contributed by atoms with Gasteiger partial charge in [-0.15, -0.1) is 0 Å². The molecule has 2 aromatic rings. The number of phenolic OH excluding ortho intramolecular Hbond substituents is 1. The maximum Gasteiger partial charge on any atom is 0.118 e. The van der Waals surface area contributed by atoms with E-state index in [0.717, 1.165) is 18.7 Å². The van der Waals surface area contributed by atoms with Crippen LogP contribution in [0.1, 0.15) is 42.7 Å². The minimum absolute atomic E-state index is 0.354. The minimum atomic E-state index is 0.354. The zero-order valence-electron chi connectivity index (χ0n) is 14.4. The lowest BCUT2D eigenvalue weighted by Crippen LogP contribution is -2.34. The number of ether oxygens (including phenoxy) is 1. The maximum absolute atomic E-state index is 9.40. The van der Waals surface area contributed by atoms with Crippen molar-refractivity contribution in [3.63, 3.8) is 0 Å². The molecular weight excluding hydrogens is 298 g/mol. The van der Waals surface area contributed by atoms with E-state index < -0.39 is 0 Å². The number of hydrogen-bond acceptors (Lipinski definition) is 3. The highest BCUT2D eigenvalue weighted by Crippen LogP contribution is 2.33. The maximum atomic E-state index is 9.40. The molecule has 0 aliphatic heterocycles. The van der Waals surface area contributed by atoms with Crippen molar-refractivity contribution in [3.8, 4) is 11.5 Å². The van der Waals surface area contributed by atoms with Crippen LogP contribution in [0.4, 0.5) is 0 Å². The summed E-state index contributed by atoms with van der Waals surface area (Å²) in [6, 6.07) is 16.7. The molecule has 128 valence electrons. The molecule has 0 atom stereocenters. The van der Waals surface area contributed by atoms with E-state index >= 15 is 0 Å². The zero-order chi connectivity index (χ0) is 16.8. The van der Waals surface area contributed by atoms with E-state index in [0.29, 0.717) is 17.7 Å². The van der Waals surface area contributed by atoms with Crippen molar-refractivity contribution in [1.29, 1.82) is 0 Å². The van der Waals surface area contributed by atoms with Crippen LogP contribution in [0.25, 0.3) is 0 Å². The molecule has 1 aliphatic carbocycles. The van der Waals surface area contributed by atoms with Crippen molar-refractivity contribution in [3.05, 3.63) is 59.7 Å². The third-order valence-electron chi connectivity index (χ3n) is 5.10. The largest absolute Gasteiger partial charge is 0.508 e. The first-order valence-corrected chi connectivity index (χ1v) is 8.90. The number of rotatable bonds is 6. The summed E-state index contributed by atoms with van der Waals surface area (Å²) in [6.45, 7) is 1.03. The van der Waals surface area contributed by atoms with Crippen LogP contribution in [0.2, 0.25) is 0 Å². The second-order valence-electron chi connectivity index (χ2n) is 6.69. The molecule has 0 aromatic heterocycles. The molecule has 0 unspecified atom stereocenters. The lowest BCUT2D eigenvalue weighted by atomic mass is 9.81. The van der Waals surface area contributed by atoms with Gasteiger partial charge in [-0.3, -0.25) is 0 Å². The number of phenols is 1. The Hall–Kier alpha value is -2.00. The summed E-state index contributed by atoms with van der Waals surface area (Å²) in [5, 5.41) is 13.1. The summed E-state index contributed by atoms with van der Waals surface area (Å²) >= 11 is 0. The highest BCUT2D eigenvalue weighted by molar-refractivity contribution is 5.29. The third kappa shape index (κ3) is 4.51. The van der Waals surface area contributed by atoms with Crippen molar-refractivity contribution in [2.24, 2.45) is 0 Å². The lowest BCUT2D eigenvalue weighted by Gasteiger charge is -2.29. The molecule has 0 radical (unpaired) electrons. The molecule has 3 heteroatoms. The van der Waals surface area contributed by atoms with Gasteiger partial charge in [0, 0.05) is 6.04 Å². The van der Waals surface area contributed by atoms with Gasteiger partial charge in [-0.2, -0.15) is 0 Å². The zero-order valence-corrected chi connectivity index (χ0v) is 14.4. The number of hydrogen-bond donors (Lipinski definition) is 2. The Kier molecular flexibility index (Phi) is 5.76. The van der Waals surface area contributed by atoms with Crippen LogP contribution in [-0.2, 0) is 6.42 Å². The average Bonchev–Trinajstić information content (AvgIpc) is 2.64. The fourth-order valence-corrected chi connectivity index (χ4v) is 3.59. The van der Waals surface area contributed by atoms with Crippen LogP contribution < -0.4 is 10.1 Å². The third-order valence-corrected chi connectivity index (χ3v) is 5.10. The molecule has 3 nitrogen and oxygen atoms in total. The predicted octanol–water partition coefficient (Wildman–Crippen LogP) is 4.26. The van der Waals surface area contributed by atoms with Gasteiger partial charge in [-0.1, -0.05) is 24.3 Å². The number of aromatic hydroxyl groups is 1. The van der Waals surface area contributed by atoms with Gasteiger partial charge < -0.3 is 15.2 Å². The van der Waals surface area contributed by atoms with E-state index in [-0.39, 0.29) is 0 Å². The van der Waals surface area contributed by atoms with E-state index in [2.05, 4.69) is 29.6 Å². The predicted molar refractivity (Wildman–Crippen MR) is 97.8 cm³/mol. The average molecular weight is 325 g/mol. The summed E-state index contributed by atoms with van der Waals surface area (Å²) in [4.78, 5) is 0. The number of benzene rings is 2. The van der Waals surface area contributed by atoms with Crippen LogP contribution in [0, 0.1) is 0 Å². The number of methoxy groups -OCH3 is 1. The number of nitrogens with one attached hydrogen (secondary N) is 1. The summed E-state index contributed by atoms with van der Waals surface area (Å²) in [5.74, 6) is 1.91. The fourth-order valence-electron chi connectivity index (χ4n) is 3.59. The molecule has 1 aliphatic rings. The monoisotopic (exact) mass is 325 g/mol. The highest BCUT2D eigenvalue weighted by atomic mass is 16.5. The van der Waals surface area contributed by atoms with Crippen LogP contribution in [0.3, 0.4) is 0 Å².